The average molecular weight is 158 g/mol. The number of rotatable bonds is 2. The van der Waals surface area contributed by atoms with Crippen LogP contribution in [-0.2, 0) is 14.3 Å². The summed E-state index contributed by atoms with van der Waals surface area (Å²) in [6, 6.07) is 0. The van der Waals surface area contributed by atoms with Crippen molar-refractivity contribution in [2.45, 2.75) is 26.4 Å². The van der Waals surface area contributed by atoms with Crippen LogP contribution < -0.4 is 0 Å². The fourth-order valence-electron chi connectivity index (χ4n) is 1.21. The molecule has 0 saturated carbocycles. The SMILES string of the molecule is CC(=O)OCC1CC(C)CO1. The lowest BCUT2D eigenvalue weighted by molar-refractivity contribution is -0.144. The molecule has 3 nitrogen and oxygen atoms in total. The van der Waals surface area contributed by atoms with Gasteiger partial charge in [0.15, 0.2) is 0 Å². The first-order valence-corrected chi connectivity index (χ1v) is 3.93. The Labute approximate surface area is 66.7 Å². The molecular weight excluding hydrogens is 144 g/mol. The lowest BCUT2D eigenvalue weighted by atomic mass is 10.1. The van der Waals surface area contributed by atoms with Crippen LogP contribution in [0.2, 0.25) is 0 Å². The van der Waals surface area contributed by atoms with Gasteiger partial charge in [0.05, 0.1) is 6.10 Å². The molecule has 0 amide bonds. The average Bonchev–Trinajstić information content (AvgIpc) is 2.31. The predicted molar refractivity (Wildman–Crippen MR) is 40.2 cm³/mol. The molecule has 0 N–H and O–H groups in total. The van der Waals surface area contributed by atoms with Gasteiger partial charge in [0.1, 0.15) is 6.61 Å². The molecule has 3 heteroatoms. The van der Waals surface area contributed by atoms with Crippen LogP contribution in [0, 0.1) is 5.92 Å². The van der Waals surface area contributed by atoms with Gasteiger partial charge in [-0.2, -0.15) is 0 Å². The zero-order valence-corrected chi connectivity index (χ0v) is 7.00. The van der Waals surface area contributed by atoms with Crippen LogP contribution in [0.1, 0.15) is 20.3 Å². The summed E-state index contributed by atoms with van der Waals surface area (Å²) in [6.45, 7) is 4.76. The van der Waals surface area contributed by atoms with Crippen LogP contribution in [0.4, 0.5) is 0 Å². The molecule has 64 valence electrons. The van der Waals surface area contributed by atoms with Crippen LogP contribution >= 0.6 is 0 Å². The Morgan fingerprint density at radius 3 is 2.91 bits per heavy atom. The molecule has 0 aromatic heterocycles. The monoisotopic (exact) mass is 158 g/mol. The minimum atomic E-state index is -0.229. The highest BCUT2D eigenvalue weighted by molar-refractivity contribution is 5.65. The van der Waals surface area contributed by atoms with Crippen molar-refractivity contribution in [2.75, 3.05) is 13.2 Å². The fraction of sp³-hybridized carbons (Fsp3) is 0.875. The van der Waals surface area contributed by atoms with Gasteiger partial charge in [-0.15, -0.1) is 0 Å². The van der Waals surface area contributed by atoms with Crippen molar-refractivity contribution in [3.63, 3.8) is 0 Å². The number of esters is 1. The third kappa shape index (κ3) is 2.89. The van der Waals surface area contributed by atoms with Gasteiger partial charge in [-0.25, -0.2) is 0 Å². The van der Waals surface area contributed by atoms with Gasteiger partial charge in [-0.1, -0.05) is 6.92 Å². The first kappa shape index (κ1) is 8.53. The zero-order valence-electron chi connectivity index (χ0n) is 7.00. The Morgan fingerprint density at radius 2 is 2.45 bits per heavy atom. The molecule has 0 radical (unpaired) electrons. The largest absolute Gasteiger partial charge is 0.463 e. The quantitative estimate of drug-likeness (QED) is 0.562. The Morgan fingerprint density at radius 1 is 1.73 bits per heavy atom. The van der Waals surface area contributed by atoms with Gasteiger partial charge in [-0.3, -0.25) is 4.79 Å². The van der Waals surface area contributed by atoms with E-state index in [4.69, 9.17) is 9.47 Å². The standard InChI is InChI=1S/C8H14O3/c1-6-3-8(11-4-6)5-10-7(2)9/h6,8H,3-5H2,1-2H3. The van der Waals surface area contributed by atoms with Crippen LogP contribution in [0.25, 0.3) is 0 Å². The highest BCUT2D eigenvalue weighted by Crippen LogP contribution is 2.18. The fourth-order valence-corrected chi connectivity index (χ4v) is 1.21. The third-order valence-electron chi connectivity index (χ3n) is 1.75. The van der Waals surface area contributed by atoms with Crippen molar-refractivity contribution in [2.24, 2.45) is 5.92 Å². The number of carbonyl (C=O) groups excluding carboxylic acids is 1. The smallest absolute Gasteiger partial charge is 0.302 e. The highest BCUT2D eigenvalue weighted by atomic mass is 16.6. The van der Waals surface area contributed by atoms with Crippen LogP contribution in [0.15, 0.2) is 0 Å². The molecule has 1 fully saturated rings. The topological polar surface area (TPSA) is 35.5 Å². The molecule has 0 aromatic carbocycles. The second-order valence-electron chi connectivity index (χ2n) is 3.10. The summed E-state index contributed by atoms with van der Waals surface area (Å²) in [5.41, 5.74) is 0. The van der Waals surface area contributed by atoms with Crippen molar-refractivity contribution >= 4 is 5.97 Å². The van der Waals surface area contributed by atoms with Crippen molar-refractivity contribution in [1.29, 1.82) is 0 Å². The maximum absolute atomic E-state index is 10.4. The number of hydrogen-bond acceptors (Lipinski definition) is 3. The molecule has 2 atom stereocenters. The Kier molecular flexibility index (Phi) is 2.88. The number of ether oxygens (including phenoxy) is 2. The molecule has 0 bridgehead atoms. The van der Waals surface area contributed by atoms with Crippen LogP contribution in [0.5, 0.6) is 0 Å². The van der Waals surface area contributed by atoms with E-state index in [-0.39, 0.29) is 12.1 Å². The molecule has 1 aliphatic rings. The molecule has 1 saturated heterocycles. The van der Waals surface area contributed by atoms with Gasteiger partial charge in [0.25, 0.3) is 0 Å². The second kappa shape index (κ2) is 3.72. The summed E-state index contributed by atoms with van der Waals surface area (Å²) in [5, 5.41) is 0. The van der Waals surface area contributed by atoms with E-state index in [0.29, 0.717) is 12.5 Å². The van der Waals surface area contributed by atoms with E-state index in [0.717, 1.165) is 13.0 Å². The normalized spacial score (nSPS) is 30.4. The minimum Gasteiger partial charge on any atom is -0.463 e. The lowest BCUT2D eigenvalue weighted by Crippen LogP contribution is -2.16. The molecule has 1 aliphatic heterocycles. The molecule has 0 spiro atoms. The summed E-state index contributed by atoms with van der Waals surface area (Å²) in [7, 11) is 0. The van der Waals surface area contributed by atoms with E-state index < -0.39 is 0 Å². The Balaban J connectivity index is 2.13. The molecule has 11 heavy (non-hydrogen) atoms. The zero-order chi connectivity index (χ0) is 8.27. The molecule has 1 rings (SSSR count). The second-order valence-corrected chi connectivity index (χ2v) is 3.10. The van der Waals surface area contributed by atoms with Crippen molar-refractivity contribution in [3.8, 4) is 0 Å². The van der Waals surface area contributed by atoms with Crippen molar-refractivity contribution in [1.82, 2.24) is 0 Å². The van der Waals surface area contributed by atoms with E-state index in [1.54, 1.807) is 0 Å². The van der Waals surface area contributed by atoms with Gasteiger partial charge < -0.3 is 9.47 Å². The summed E-state index contributed by atoms with van der Waals surface area (Å²) in [6.07, 6.45) is 1.14. The maximum Gasteiger partial charge on any atom is 0.302 e. The van der Waals surface area contributed by atoms with E-state index >= 15 is 0 Å². The molecule has 0 aromatic rings. The predicted octanol–water partition coefficient (Wildman–Crippen LogP) is 0.974. The third-order valence-corrected chi connectivity index (χ3v) is 1.75. The molecule has 1 heterocycles. The van der Waals surface area contributed by atoms with Gasteiger partial charge >= 0.3 is 5.97 Å². The van der Waals surface area contributed by atoms with E-state index in [1.165, 1.54) is 6.92 Å². The number of carbonyl (C=O) groups is 1. The summed E-state index contributed by atoms with van der Waals surface area (Å²) < 4.78 is 10.1. The number of hydrogen-bond donors (Lipinski definition) is 0. The first-order chi connectivity index (χ1) is 5.18. The molecular formula is C8H14O3. The molecule has 2 unspecified atom stereocenters. The van der Waals surface area contributed by atoms with Crippen molar-refractivity contribution < 1.29 is 14.3 Å². The Bertz CT molecular complexity index is 144. The van der Waals surface area contributed by atoms with Gasteiger partial charge in [0, 0.05) is 13.5 Å². The summed E-state index contributed by atoms with van der Waals surface area (Å²) in [5.74, 6) is 0.378. The summed E-state index contributed by atoms with van der Waals surface area (Å²) in [4.78, 5) is 10.4. The van der Waals surface area contributed by atoms with E-state index in [9.17, 15) is 4.79 Å². The highest BCUT2D eigenvalue weighted by Gasteiger charge is 2.22. The van der Waals surface area contributed by atoms with E-state index in [1.807, 2.05) is 0 Å². The maximum atomic E-state index is 10.4. The minimum absolute atomic E-state index is 0.133. The lowest BCUT2D eigenvalue weighted by Gasteiger charge is -2.07. The van der Waals surface area contributed by atoms with Gasteiger partial charge in [-0.05, 0) is 12.3 Å². The van der Waals surface area contributed by atoms with Gasteiger partial charge in [0.2, 0.25) is 0 Å². The van der Waals surface area contributed by atoms with Crippen molar-refractivity contribution in [3.05, 3.63) is 0 Å². The van der Waals surface area contributed by atoms with E-state index in [2.05, 4.69) is 6.92 Å². The summed E-state index contributed by atoms with van der Waals surface area (Å²) >= 11 is 0. The molecule has 0 aliphatic carbocycles. The van der Waals surface area contributed by atoms with Crippen LogP contribution in [0.3, 0.4) is 0 Å². The first-order valence-electron chi connectivity index (χ1n) is 3.93. The Hall–Kier alpha value is -0.570. The van der Waals surface area contributed by atoms with Crippen LogP contribution in [-0.4, -0.2) is 25.3 Å².